The summed E-state index contributed by atoms with van der Waals surface area (Å²) in [4.78, 5) is 1.24. The van der Waals surface area contributed by atoms with E-state index in [9.17, 15) is 4.39 Å². The van der Waals surface area contributed by atoms with Gasteiger partial charge in [-0.25, -0.2) is 4.39 Å². The fourth-order valence-electron chi connectivity index (χ4n) is 1.74. The molecule has 0 aromatic heterocycles. The molecule has 0 fully saturated rings. The molecule has 0 spiro atoms. The first-order chi connectivity index (χ1) is 9.20. The Kier molecular flexibility index (Phi) is 5.28. The molecule has 0 saturated carbocycles. The van der Waals surface area contributed by atoms with Crippen molar-refractivity contribution in [3.63, 3.8) is 0 Å². The van der Waals surface area contributed by atoms with Gasteiger partial charge in [-0.1, -0.05) is 25.1 Å². The van der Waals surface area contributed by atoms with Gasteiger partial charge in [0.15, 0.2) is 0 Å². The predicted molar refractivity (Wildman–Crippen MR) is 84.3 cm³/mol. The summed E-state index contributed by atoms with van der Waals surface area (Å²) in [6.07, 6.45) is 0. The number of nitrogens with one attached hydrogen (secondary N) is 1. The van der Waals surface area contributed by atoms with E-state index in [1.54, 1.807) is 12.1 Å². The van der Waals surface area contributed by atoms with Crippen LogP contribution < -0.4 is 5.32 Å². The second kappa shape index (κ2) is 6.96. The molecule has 0 aliphatic rings. The van der Waals surface area contributed by atoms with Crippen LogP contribution in [0.4, 0.5) is 10.1 Å². The number of rotatable bonds is 5. The van der Waals surface area contributed by atoms with Crippen LogP contribution in [0.2, 0.25) is 0 Å². The highest BCUT2D eigenvalue weighted by Crippen LogP contribution is 2.27. The van der Waals surface area contributed by atoms with Crippen LogP contribution in [0.15, 0.2) is 51.8 Å². The van der Waals surface area contributed by atoms with E-state index in [0.29, 0.717) is 11.0 Å². The van der Waals surface area contributed by atoms with Gasteiger partial charge >= 0.3 is 0 Å². The Balaban J connectivity index is 2.07. The Bertz CT molecular complexity index is 560. The van der Waals surface area contributed by atoms with Crippen LogP contribution in [0.5, 0.6) is 0 Å². The Morgan fingerprint density at radius 1 is 1.21 bits per heavy atom. The molecule has 0 aliphatic heterocycles. The van der Waals surface area contributed by atoms with E-state index in [2.05, 4.69) is 40.3 Å². The minimum Gasteiger partial charge on any atom is -0.380 e. The largest absolute Gasteiger partial charge is 0.380 e. The van der Waals surface area contributed by atoms with Crippen molar-refractivity contribution >= 4 is 33.4 Å². The average Bonchev–Trinajstić information content (AvgIpc) is 2.42. The zero-order chi connectivity index (χ0) is 13.7. The molecule has 0 atom stereocenters. The summed E-state index contributed by atoms with van der Waals surface area (Å²) in [5.74, 6) is 0.812. The van der Waals surface area contributed by atoms with Crippen LogP contribution in [0.1, 0.15) is 12.5 Å². The predicted octanol–water partition coefficient (Wildman–Crippen LogP) is 5.31. The van der Waals surface area contributed by atoms with E-state index < -0.39 is 0 Å². The first-order valence-corrected chi connectivity index (χ1v) is 7.88. The van der Waals surface area contributed by atoms with Gasteiger partial charge in [0.1, 0.15) is 5.82 Å². The first-order valence-electron chi connectivity index (χ1n) is 6.10. The average molecular weight is 340 g/mol. The second-order valence-corrected chi connectivity index (χ2v) is 6.19. The van der Waals surface area contributed by atoms with E-state index in [4.69, 9.17) is 0 Å². The van der Waals surface area contributed by atoms with Gasteiger partial charge in [0.05, 0.1) is 4.47 Å². The van der Waals surface area contributed by atoms with Crippen LogP contribution >= 0.6 is 27.7 Å². The minimum absolute atomic E-state index is 0.231. The molecule has 0 unspecified atom stereocenters. The lowest BCUT2D eigenvalue weighted by Crippen LogP contribution is -2.01. The Hall–Kier alpha value is -1.00. The third-order valence-corrected chi connectivity index (χ3v) is 4.22. The van der Waals surface area contributed by atoms with Crippen LogP contribution in [0, 0.1) is 5.82 Å². The number of halogens is 2. The van der Waals surface area contributed by atoms with Crippen LogP contribution in [0.3, 0.4) is 0 Å². The number of para-hydroxylation sites is 1. The van der Waals surface area contributed by atoms with Crippen molar-refractivity contribution < 1.29 is 4.39 Å². The zero-order valence-electron chi connectivity index (χ0n) is 10.6. The number of hydrogen-bond donors (Lipinski definition) is 1. The highest BCUT2D eigenvalue weighted by atomic mass is 79.9. The summed E-state index contributed by atoms with van der Waals surface area (Å²) in [6.45, 7) is 2.82. The molecule has 4 heteroatoms. The molecule has 1 nitrogen and oxygen atoms in total. The summed E-state index contributed by atoms with van der Waals surface area (Å²) in [5.41, 5.74) is 2.17. The van der Waals surface area contributed by atoms with E-state index in [-0.39, 0.29) is 5.82 Å². The smallest absolute Gasteiger partial charge is 0.137 e. The third-order valence-electron chi connectivity index (χ3n) is 2.65. The standard InChI is InChI=1S/C15H15BrFNS/c1-2-19-15-6-4-3-5-14(15)18-10-11-7-8-13(17)12(16)9-11/h3-9,18H,2,10H2,1H3. The van der Waals surface area contributed by atoms with Gasteiger partial charge in [-0.15, -0.1) is 11.8 Å². The van der Waals surface area contributed by atoms with Crippen molar-refractivity contribution in [1.82, 2.24) is 0 Å². The van der Waals surface area contributed by atoms with E-state index >= 15 is 0 Å². The third kappa shape index (κ3) is 3.98. The summed E-state index contributed by atoms with van der Waals surface area (Å²) in [7, 11) is 0. The normalized spacial score (nSPS) is 10.5. The molecular weight excluding hydrogens is 325 g/mol. The van der Waals surface area contributed by atoms with Gasteiger partial charge < -0.3 is 5.32 Å². The Labute approximate surface area is 125 Å². The molecule has 2 rings (SSSR count). The van der Waals surface area contributed by atoms with Crippen molar-refractivity contribution in [2.24, 2.45) is 0 Å². The second-order valence-electron chi connectivity index (χ2n) is 4.03. The highest BCUT2D eigenvalue weighted by Gasteiger charge is 2.03. The van der Waals surface area contributed by atoms with Crippen LogP contribution in [0.25, 0.3) is 0 Å². The Morgan fingerprint density at radius 3 is 2.74 bits per heavy atom. The first kappa shape index (κ1) is 14.4. The lowest BCUT2D eigenvalue weighted by atomic mass is 10.2. The number of thioether (sulfide) groups is 1. The molecule has 2 aromatic rings. The van der Waals surface area contributed by atoms with E-state index in [1.807, 2.05) is 23.9 Å². The minimum atomic E-state index is -0.231. The maximum Gasteiger partial charge on any atom is 0.137 e. The Morgan fingerprint density at radius 2 is 2.00 bits per heavy atom. The SMILES string of the molecule is CCSc1ccccc1NCc1ccc(F)c(Br)c1. The van der Waals surface area contributed by atoms with Gasteiger partial charge in [-0.2, -0.15) is 0 Å². The number of hydrogen-bond acceptors (Lipinski definition) is 2. The molecule has 0 aliphatic carbocycles. The number of anilines is 1. The lowest BCUT2D eigenvalue weighted by molar-refractivity contribution is 0.620. The molecule has 0 heterocycles. The summed E-state index contributed by atoms with van der Waals surface area (Å²) in [6, 6.07) is 13.3. The van der Waals surface area contributed by atoms with Crippen LogP contribution in [-0.2, 0) is 6.54 Å². The van der Waals surface area contributed by atoms with Crippen molar-refractivity contribution in [2.75, 3.05) is 11.1 Å². The van der Waals surface area contributed by atoms with Gasteiger partial charge in [0.25, 0.3) is 0 Å². The number of benzene rings is 2. The fourth-order valence-corrected chi connectivity index (χ4v) is 2.95. The van der Waals surface area contributed by atoms with E-state index in [1.165, 1.54) is 11.0 Å². The van der Waals surface area contributed by atoms with Crippen molar-refractivity contribution in [3.8, 4) is 0 Å². The molecule has 1 N–H and O–H groups in total. The van der Waals surface area contributed by atoms with Gasteiger partial charge in [-0.3, -0.25) is 0 Å². The molecule has 0 bridgehead atoms. The molecule has 0 radical (unpaired) electrons. The van der Waals surface area contributed by atoms with Gasteiger partial charge in [-0.05, 0) is 51.5 Å². The molecular formula is C15H15BrFNS. The van der Waals surface area contributed by atoms with E-state index in [0.717, 1.165) is 17.0 Å². The monoisotopic (exact) mass is 339 g/mol. The summed E-state index contributed by atoms with van der Waals surface area (Å²) < 4.78 is 13.7. The van der Waals surface area contributed by atoms with Gasteiger partial charge in [0, 0.05) is 17.1 Å². The summed E-state index contributed by atoms with van der Waals surface area (Å²) in [5, 5.41) is 3.40. The lowest BCUT2D eigenvalue weighted by Gasteiger charge is -2.11. The summed E-state index contributed by atoms with van der Waals surface area (Å²) >= 11 is 5.02. The maximum absolute atomic E-state index is 13.2. The molecule has 0 amide bonds. The quantitative estimate of drug-likeness (QED) is 0.740. The fraction of sp³-hybridized carbons (Fsp3) is 0.200. The van der Waals surface area contributed by atoms with Crippen molar-refractivity contribution in [3.05, 3.63) is 58.3 Å². The van der Waals surface area contributed by atoms with Gasteiger partial charge in [0.2, 0.25) is 0 Å². The van der Waals surface area contributed by atoms with Crippen LogP contribution in [-0.4, -0.2) is 5.75 Å². The maximum atomic E-state index is 13.2. The van der Waals surface area contributed by atoms with Crippen molar-refractivity contribution in [1.29, 1.82) is 0 Å². The molecule has 100 valence electrons. The molecule has 2 aromatic carbocycles. The topological polar surface area (TPSA) is 12.0 Å². The molecule has 19 heavy (non-hydrogen) atoms. The zero-order valence-corrected chi connectivity index (χ0v) is 13.0. The molecule has 0 saturated heterocycles. The van der Waals surface area contributed by atoms with Crippen molar-refractivity contribution in [2.45, 2.75) is 18.4 Å². The highest BCUT2D eigenvalue weighted by molar-refractivity contribution is 9.10.